The van der Waals surface area contributed by atoms with Gasteiger partial charge in [0.1, 0.15) is 11.6 Å². The zero-order chi connectivity index (χ0) is 14.7. The van der Waals surface area contributed by atoms with E-state index in [-0.39, 0.29) is 6.03 Å². The molecule has 2 aromatic heterocycles. The average Bonchev–Trinajstić information content (AvgIpc) is 2.93. The van der Waals surface area contributed by atoms with Crippen LogP contribution in [-0.2, 0) is 0 Å². The van der Waals surface area contributed by atoms with Crippen LogP contribution in [0.25, 0.3) is 0 Å². The van der Waals surface area contributed by atoms with Gasteiger partial charge in [-0.15, -0.1) is 0 Å². The average molecular weight is 287 g/mol. The van der Waals surface area contributed by atoms with Crippen molar-refractivity contribution in [3.05, 3.63) is 36.2 Å². The number of carbonyl (C=O) groups excluding carboxylic acids is 1. The topological polar surface area (TPSA) is 74.5 Å². The van der Waals surface area contributed by atoms with Gasteiger partial charge in [-0.25, -0.2) is 9.78 Å². The molecule has 0 atom stereocenters. The molecule has 7 heteroatoms. The largest absolute Gasteiger partial charge is 0.360 e. The highest BCUT2D eigenvalue weighted by Crippen LogP contribution is 2.14. The van der Waals surface area contributed by atoms with Crippen molar-refractivity contribution in [1.82, 2.24) is 15.0 Å². The molecule has 1 fully saturated rings. The standard InChI is InChI=1S/C14H17N5O2/c1-11-10-12(17-21-11)16-14(20)19-8-6-18(7-9-19)13-4-2-3-5-15-13/h2-5,10H,6-9H2,1H3,(H,16,17,20). The predicted molar refractivity (Wildman–Crippen MR) is 78.3 cm³/mol. The lowest BCUT2D eigenvalue weighted by Crippen LogP contribution is -2.50. The molecule has 21 heavy (non-hydrogen) atoms. The Morgan fingerprint density at radius 2 is 2.10 bits per heavy atom. The fourth-order valence-electron chi connectivity index (χ4n) is 2.29. The van der Waals surface area contributed by atoms with Crippen molar-refractivity contribution in [1.29, 1.82) is 0 Å². The molecule has 0 radical (unpaired) electrons. The van der Waals surface area contributed by atoms with Gasteiger partial charge in [-0.1, -0.05) is 11.2 Å². The number of pyridine rings is 1. The third kappa shape index (κ3) is 3.13. The van der Waals surface area contributed by atoms with Gasteiger partial charge in [0.2, 0.25) is 0 Å². The van der Waals surface area contributed by atoms with Crippen molar-refractivity contribution in [3.8, 4) is 0 Å². The SMILES string of the molecule is Cc1cc(NC(=O)N2CCN(c3ccccn3)CC2)no1. The third-order valence-electron chi connectivity index (χ3n) is 3.40. The Hall–Kier alpha value is -2.57. The second kappa shape index (κ2) is 5.82. The number of piperazine rings is 1. The zero-order valence-electron chi connectivity index (χ0n) is 11.8. The number of anilines is 2. The van der Waals surface area contributed by atoms with Gasteiger partial charge in [-0.2, -0.15) is 0 Å². The van der Waals surface area contributed by atoms with E-state index in [9.17, 15) is 4.79 Å². The van der Waals surface area contributed by atoms with Gasteiger partial charge in [-0.3, -0.25) is 5.32 Å². The summed E-state index contributed by atoms with van der Waals surface area (Å²) in [5, 5.41) is 6.49. The van der Waals surface area contributed by atoms with Crippen LogP contribution in [0.1, 0.15) is 5.76 Å². The van der Waals surface area contributed by atoms with Gasteiger partial charge < -0.3 is 14.3 Å². The van der Waals surface area contributed by atoms with E-state index < -0.39 is 0 Å². The molecule has 110 valence electrons. The molecular weight excluding hydrogens is 270 g/mol. The minimum atomic E-state index is -0.149. The Bertz CT molecular complexity index is 605. The Kier molecular flexibility index (Phi) is 3.72. The Balaban J connectivity index is 1.54. The molecule has 2 amide bonds. The summed E-state index contributed by atoms with van der Waals surface area (Å²) >= 11 is 0. The Morgan fingerprint density at radius 1 is 1.29 bits per heavy atom. The quantitative estimate of drug-likeness (QED) is 0.910. The van der Waals surface area contributed by atoms with Crippen molar-refractivity contribution in [2.75, 3.05) is 36.4 Å². The van der Waals surface area contributed by atoms with Gasteiger partial charge in [0.15, 0.2) is 5.82 Å². The molecule has 0 bridgehead atoms. The summed E-state index contributed by atoms with van der Waals surface area (Å²) in [6, 6.07) is 7.39. The van der Waals surface area contributed by atoms with E-state index in [0.717, 1.165) is 18.9 Å². The monoisotopic (exact) mass is 287 g/mol. The fraction of sp³-hybridized carbons (Fsp3) is 0.357. The van der Waals surface area contributed by atoms with Gasteiger partial charge in [0.25, 0.3) is 0 Å². The van der Waals surface area contributed by atoms with Crippen LogP contribution in [0.15, 0.2) is 35.0 Å². The zero-order valence-corrected chi connectivity index (χ0v) is 11.8. The molecule has 0 saturated carbocycles. The van der Waals surface area contributed by atoms with Crippen LogP contribution in [-0.4, -0.2) is 47.3 Å². The van der Waals surface area contributed by atoms with Gasteiger partial charge >= 0.3 is 6.03 Å². The van der Waals surface area contributed by atoms with Crippen LogP contribution in [0.2, 0.25) is 0 Å². The first-order valence-corrected chi connectivity index (χ1v) is 6.87. The van der Waals surface area contributed by atoms with Crippen LogP contribution < -0.4 is 10.2 Å². The molecule has 1 aliphatic heterocycles. The molecule has 0 aromatic carbocycles. The van der Waals surface area contributed by atoms with E-state index in [1.165, 1.54) is 0 Å². The van der Waals surface area contributed by atoms with Crippen LogP contribution in [0.3, 0.4) is 0 Å². The molecule has 0 aliphatic carbocycles. The fourth-order valence-corrected chi connectivity index (χ4v) is 2.29. The highest BCUT2D eigenvalue weighted by atomic mass is 16.5. The van der Waals surface area contributed by atoms with Crippen LogP contribution in [0, 0.1) is 6.92 Å². The maximum atomic E-state index is 12.1. The first-order valence-electron chi connectivity index (χ1n) is 6.87. The number of carbonyl (C=O) groups is 1. The van der Waals surface area contributed by atoms with E-state index in [0.29, 0.717) is 24.7 Å². The summed E-state index contributed by atoms with van der Waals surface area (Å²) in [4.78, 5) is 20.4. The minimum absolute atomic E-state index is 0.149. The van der Waals surface area contributed by atoms with Crippen LogP contribution in [0.4, 0.5) is 16.4 Å². The predicted octanol–water partition coefficient (Wildman–Crippen LogP) is 1.73. The molecule has 1 aliphatic rings. The Morgan fingerprint density at radius 3 is 2.71 bits per heavy atom. The molecule has 7 nitrogen and oxygen atoms in total. The number of amides is 2. The van der Waals surface area contributed by atoms with E-state index in [1.54, 1.807) is 24.1 Å². The summed E-state index contributed by atoms with van der Waals surface area (Å²) in [7, 11) is 0. The number of rotatable bonds is 2. The van der Waals surface area contributed by atoms with Crippen molar-refractivity contribution >= 4 is 17.7 Å². The third-order valence-corrected chi connectivity index (χ3v) is 3.40. The van der Waals surface area contributed by atoms with E-state index in [2.05, 4.69) is 20.4 Å². The number of hydrogen-bond donors (Lipinski definition) is 1. The molecule has 1 N–H and O–H groups in total. The lowest BCUT2D eigenvalue weighted by atomic mass is 10.3. The number of nitrogens with one attached hydrogen (secondary N) is 1. The molecule has 3 heterocycles. The normalized spacial score (nSPS) is 15.1. The molecule has 2 aromatic rings. The smallest absolute Gasteiger partial charge is 0.323 e. The molecule has 3 rings (SSSR count). The highest BCUT2D eigenvalue weighted by Gasteiger charge is 2.22. The Labute approximate surface area is 122 Å². The van der Waals surface area contributed by atoms with E-state index in [1.807, 2.05) is 18.2 Å². The van der Waals surface area contributed by atoms with E-state index >= 15 is 0 Å². The summed E-state index contributed by atoms with van der Waals surface area (Å²) in [5.41, 5.74) is 0. The summed E-state index contributed by atoms with van der Waals surface area (Å²) in [6.45, 7) is 4.62. The van der Waals surface area contributed by atoms with Crippen molar-refractivity contribution in [2.45, 2.75) is 6.92 Å². The van der Waals surface area contributed by atoms with Crippen molar-refractivity contribution in [3.63, 3.8) is 0 Å². The number of urea groups is 1. The maximum absolute atomic E-state index is 12.1. The van der Waals surface area contributed by atoms with Crippen LogP contribution in [0.5, 0.6) is 0 Å². The lowest BCUT2D eigenvalue weighted by Gasteiger charge is -2.35. The van der Waals surface area contributed by atoms with Crippen molar-refractivity contribution < 1.29 is 9.32 Å². The van der Waals surface area contributed by atoms with Gasteiger partial charge in [0, 0.05) is 38.4 Å². The number of aromatic nitrogens is 2. The first-order chi connectivity index (χ1) is 10.2. The molecule has 0 unspecified atom stereocenters. The van der Waals surface area contributed by atoms with Crippen molar-refractivity contribution in [2.24, 2.45) is 0 Å². The maximum Gasteiger partial charge on any atom is 0.323 e. The second-order valence-electron chi connectivity index (χ2n) is 4.91. The molecular formula is C14H17N5O2. The molecule has 0 spiro atoms. The number of aryl methyl sites for hydroxylation is 1. The number of nitrogens with zero attached hydrogens (tertiary/aromatic N) is 4. The molecule has 1 saturated heterocycles. The van der Waals surface area contributed by atoms with Gasteiger partial charge in [0.05, 0.1) is 0 Å². The highest BCUT2D eigenvalue weighted by molar-refractivity contribution is 5.88. The number of hydrogen-bond acceptors (Lipinski definition) is 5. The lowest BCUT2D eigenvalue weighted by molar-refractivity contribution is 0.208. The summed E-state index contributed by atoms with van der Waals surface area (Å²) < 4.78 is 4.93. The summed E-state index contributed by atoms with van der Waals surface area (Å²) in [5.74, 6) is 2.07. The minimum Gasteiger partial charge on any atom is -0.360 e. The second-order valence-corrected chi connectivity index (χ2v) is 4.91. The first kappa shape index (κ1) is 13.4. The van der Waals surface area contributed by atoms with E-state index in [4.69, 9.17) is 4.52 Å². The van der Waals surface area contributed by atoms with Gasteiger partial charge in [-0.05, 0) is 19.1 Å². The summed E-state index contributed by atoms with van der Waals surface area (Å²) in [6.07, 6.45) is 1.78. The van der Waals surface area contributed by atoms with Crippen LogP contribution >= 0.6 is 0 Å².